The third-order valence-electron chi connectivity index (χ3n) is 4.19. The van der Waals surface area contributed by atoms with Gasteiger partial charge in [0.15, 0.2) is 0 Å². The predicted octanol–water partition coefficient (Wildman–Crippen LogP) is 1.80. The molecule has 1 atom stereocenters. The van der Waals surface area contributed by atoms with E-state index in [1.54, 1.807) is 0 Å². The van der Waals surface area contributed by atoms with Gasteiger partial charge in [0.2, 0.25) is 5.91 Å². The number of fused-ring (bicyclic) bond motifs is 1. The normalized spacial score (nSPS) is 29.5. The topological polar surface area (TPSA) is 23.6 Å². The highest BCUT2D eigenvalue weighted by molar-refractivity contribution is 5.78. The van der Waals surface area contributed by atoms with Gasteiger partial charge in [0.05, 0.1) is 0 Å². The molecule has 0 aromatic heterocycles. The maximum absolute atomic E-state index is 12.1. The Morgan fingerprint density at radius 3 is 2.71 bits per heavy atom. The Balaban J connectivity index is 2.10. The highest BCUT2D eigenvalue weighted by atomic mass is 16.2. The molecule has 1 aromatic rings. The summed E-state index contributed by atoms with van der Waals surface area (Å²) in [5.74, 6) is 0.310. The van der Waals surface area contributed by atoms with Crippen molar-refractivity contribution in [3.8, 4) is 0 Å². The second kappa shape index (κ2) is 3.84. The van der Waals surface area contributed by atoms with Crippen molar-refractivity contribution in [2.45, 2.75) is 24.9 Å². The molecule has 0 N–H and O–H groups in total. The number of nitrogens with zero attached hydrogens (tertiary/aromatic N) is 2. The second-order valence-corrected chi connectivity index (χ2v) is 5.00. The Morgan fingerprint density at radius 2 is 1.94 bits per heavy atom. The first-order valence-electron chi connectivity index (χ1n) is 6.32. The average Bonchev–Trinajstić information content (AvgIpc) is 2.71. The molecule has 2 saturated heterocycles. The molecule has 90 valence electrons. The van der Waals surface area contributed by atoms with Gasteiger partial charge < -0.3 is 4.90 Å². The third-order valence-corrected chi connectivity index (χ3v) is 4.19. The first kappa shape index (κ1) is 10.8. The molecule has 2 heterocycles. The predicted molar refractivity (Wildman–Crippen MR) is 66.3 cm³/mol. The number of benzene rings is 1. The summed E-state index contributed by atoms with van der Waals surface area (Å²) in [7, 11) is 2.13. The molecule has 1 amide bonds. The number of hydrogen-bond donors (Lipinski definition) is 0. The van der Waals surface area contributed by atoms with E-state index in [2.05, 4.69) is 41.1 Å². The summed E-state index contributed by atoms with van der Waals surface area (Å²) >= 11 is 0. The Hall–Kier alpha value is -1.35. The number of rotatable bonds is 1. The molecule has 1 aromatic carbocycles. The number of likely N-dealkylation sites (N-methyl/N-ethyl adjacent to an activating group) is 1. The van der Waals surface area contributed by atoms with E-state index in [-0.39, 0.29) is 5.66 Å². The number of carbonyl (C=O) groups is 1. The maximum Gasteiger partial charge on any atom is 0.224 e. The number of piperidine rings is 1. The lowest BCUT2D eigenvalue weighted by atomic mass is 9.88. The molecule has 0 saturated carbocycles. The molecule has 17 heavy (non-hydrogen) atoms. The first-order valence-corrected chi connectivity index (χ1v) is 6.32. The zero-order valence-corrected chi connectivity index (χ0v) is 10.2. The standard InChI is InChI=1S/C14H18N2O/c1-15-10-11-16-13(17)8-5-9-14(15,16)12-6-3-2-4-7-12/h2-4,6-7H,5,8-11H2,1H3. The lowest BCUT2D eigenvalue weighted by molar-refractivity contribution is -0.145. The van der Waals surface area contributed by atoms with E-state index >= 15 is 0 Å². The van der Waals surface area contributed by atoms with Crippen molar-refractivity contribution in [3.05, 3.63) is 35.9 Å². The van der Waals surface area contributed by atoms with Crippen molar-refractivity contribution >= 4 is 5.91 Å². The maximum atomic E-state index is 12.1. The number of carbonyl (C=O) groups excluding carboxylic acids is 1. The van der Waals surface area contributed by atoms with Crippen LogP contribution in [0.5, 0.6) is 0 Å². The summed E-state index contributed by atoms with van der Waals surface area (Å²) in [6.07, 6.45) is 2.76. The Labute approximate surface area is 102 Å². The largest absolute Gasteiger partial charge is 0.319 e. The summed E-state index contributed by atoms with van der Waals surface area (Å²) in [6.45, 7) is 1.84. The number of hydrogen-bond acceptors (Lipinski definition) is 2. The van der Waals surface area contributed by atoms with Crippen LogP contribution in [-0.4, -0.2) is 35.8 Å². The minimum atomic E-state index is -0.170. The van der Waals surface area contributed by atoms with Crippen molar-refractivity contribution in [2.75, 3.05) is 20.1 Å². The third kappa shape index (κ3) is 1.42. The highest BCUT2D eigenvalue weighted by Gasteiger charge is 2.50. The fourth-order valence-corrected chi connectivity index (χ4v) is 3.33. The van der Waals surface area contributed by atoms with E-state index in [4.69, 9.17) is 0 Å². The van der Waals surface area contributed by atoms with E-state index in [9.17, 15) is 4.79 Å². The van der Waals surface area contributed by atoms with E-state index in [1.165, 1.54) is 5.56 Å². The van der Waals surface area contributed by atoms with Crippen LogP contribution in [0, 0.1) is 0 Å². The second-order valence-electron chi connectivity index (χ2n) is 5.00. The van der Waals surface area contributed by atoms with Gasteiger partial charge >= 0.3 is 0 Å². The van der Waals surface area contributed by atoms with Crippen molar-refractivity contribution in [2.24, 2.45) is 0 Å². The molecular formula is C14H18N2O. The number of amides is 1. The molecule has 3 nitrogen and oxygen atoms in total. The van der Waals surface area contributed by atoms with Crippen molar-refractivity contribution < 1.29 is 4.79 Å². The van der Waals surface area contributed by atoms with Crippen LogP contribution in [-0.2, 0) is 10.5 Å². The van der Waals surface area contributed by atoms with Gasteiger partial charge in [-0.3, -0.25) is 9.69 Å². The minimum absolute atomic E-state index is 0.170. The van der Waals surface area contributed by atoms with Gasteiger partial charge in [-0.2, -0.15) is 0 Å². The zero-order chi connectivity index (χ0) is 11.9. The molecule has 0 aliphatic carbocycles. The lowest BCUT2D eigenvalue weighted by Crippen LogP contribution is -2.54. The van der Waals surface area contributed by atoms with Crippen LogP contribution in [0.4, 0.5) is 0 Å². The SMILES string of the molecule is CN1CCN2C(=O)CCCC12c1ccccc1. The van der Waals surface area contributed by atoms with Crippen molar-refractivity contribution in [1.82, 2.24) is 9.80 Å². The van der Waals surface area contributed by atoms with Crippen molar-refractivity contribution in [3.63, 3.8) is 0 Å². The van der Waals surface area contributed by atoms with Gasteiger partial charge in [-0.25, -0.2) is 0 Å². The Kier molecular flexibility index (Phi) is 2.44. The summed E-state index contributed by atoms with van der Waals surface area (Å²) in [4.78, 5) is 16.5. The van der Waals surface area contributed by atoms with E-state index < -0.39 is 0 Å². The van der Waals surface area contributed by atoms with Gasteiger partial charge in [0.1, 0.15) is 5.66 Å². The molecule has 0 bridgehead atoms. The minimum Gasteiger partial charge on any atom is -0.319 e. The van der Waals surface area contributed by atoms with Gasteiger partial charge in [0.25, 0.3) is 0 Å². The summed E-state index contributed by atoms with van der Waals surface area (Å²) in [5.41, 5.74) is 1.09. The smallest absolute Gasteiger partial charge is 0.224 e. The highest BCUT2D eigenvalue weighted by Crippen LogP contribution is 2.43. The Bertz CT molecular complexity index is 431. The molecule has 2 aliphatic rings. The average molecular weight is 230 g/mol. The van der Waals surface area contributed by atoms with Crippen LogP contribution in [0.25, 0.3) is 0 Å². The van der Waals surface area contributed by atoms with Crippen LogP contribution < -0.4 is 0 Å². The van der Waals surface area contributed by atoms with Crippen LogP contribution in [0.3, 0.4) is 0 Å². The molecule has 2 fully saturated rings. The fraction of sp³-hybridized carbons (Fsp3) is 0.500. The summed E-state index contributed by atoms with van der Waals surface area (Å²) in [6, 6.07) is 10.5. The summed E-state index contributed by atoms with van der Waals surface area (Å²) < 4.78 is 0. The van der Waals surface area contributed by atoms with Crippen LogP contribution in [0.15, 0.2) is 30.3 Å². The molecule has 3 rings (SSSR count). The van der Waals surface area contributed by atoms with Gasteiger partial charge in [-0.1, -0.05) is 30.3 Å². The first-order chi connectivity index (χ1) is 8.25. The van der Waals surface area contributed by atoms with E-state index in [1.807, 2.05) is 6.07 Å². The van der Waals surface area contributed by atoms with E-state index in [0.717, 1.165) is 25.9 Å². The van der Waals surface area contributed by atoms with Crippen LogP contribution in [0.2, 0.25) is 0 Å². The van der Waals surface area contributed by atoms with Gasteiger partial charge in [-0.05, 0) is 25.5 Å². The summed E-state index contributed by atoms with van der Waals surface area (Å²) in [5, 5.41) is 0. The van der Waals surface area contributed by atoms with Crippen molar-refractivity contribution in [1.29, 1.82) is 0 Å². The molecular weight excluding hydrogens is 212 g/mol. The molecule has 0 radical (unpaired) electrons. The monoisotopic (exact) mass is 230 g/mol. The molecule has 3 heteroatoms. The molecule has 0 spiro atoms. The lowest BCUT2D eigenvalue weighted by Gasteiger charge is -2.46. The quantitative estimate of drug-likeness (QED) is 0.734. The van der Waals surface area contributed by atoms with Crippen LogP contribution >= 0.6 is 0 Å². The van der Waals surface area contributed by atoms with Crippen LogP contribution in [0.1, 0.15) is 24.8 Å². The zero-order valence-electron chi connectivity index (χ0n) is 10.2. The Morgan fingerprint density at radius 1 is 1.18 bits per heavy atom. The van der Waals surface area contributed by atoms with Gasteiger partial charge in [-0.15, -0.1) is 0 Å². The molecule has 1 unspecified atom stereocenters. The fourth-order valence-electron chi connectivity index (χ4n) is 3.33. The van der Waals surface area contributed by atoms with E-state index in [0.29, 0.717) is 12.3 Å². The molecule has 2 aliphatic heterocycles. The van der Waals surface area contributed by atoms with Gasteiger partial charge in [0, 0.05) is 19.5 Å².